The molecule has 0 aromatic heterocycles. The minimum absolute atomic E-state index is 0.00625. The van der Waals surface area contributed by atoms with E-state index in [-0.39, 0.29) is 77.7 Å². The van der Waals surface area contributed by atoms with Gasteiger partial charge in [-0.2, -0.15) is 0 Å². The van der Waals surface area contributed by atoms with Gasteiger partial charge in [-0.15, -0.1) is 0 Å². The van der Waals surface area contributed by atoms with Crippen LogP contribution in [0.3, 0.4) is 0 Å². The number of ketones is 2. The predicted molar refractivity (Wildman–Crippen MR) is 333 cm³/mol. The SMILES string of the molecule is CC(C)=CCCC1(C)C=Cc2c(c(CC=C(C)C)c3c(c2OC(=O)c2ccc(O[C@@H]4O[C@H](CO)[C@@H](O)[C@H](O)[C@H]4O)cc2)C(=O)C2C(NC(C)C(=O)OCc4ccccc4)C4CC5C(C)(C)OC(CC=C(C)C(=O)NC(C)C(=O)OCc6ccccc6)(C4=O)C25O3)O1. The summed E-state index contributed by atoms with van der Waals surface area (Å²) in [5, 5.41) is 47.4. The zero-order valence-electron chi connectivity index (χ0n) is 53.0. The van der Waals surface area contributed by atoms with Gasteiger partial charge in [-0.3, -0.25) is 19.2 Å². The number of allylic oxidation sites excluding steroid dienone is 4. The van der Waals surface area contributed by atoms with Gasteiger partial charge in [0.1, 0.15) is 78.1 Å². The zero-order valence-corrected chi connectivity index (χ0v) is 53.0. The van der Waals surface area contributed by atoms with Crippen molar-refractivity contribution in [3.05, 3.63) is 159 Å². The molecule has 1 amide bonds. The summed E-state index contributed by atoms with van der Waals surface area (Å²) in [6.07, 6.45) is 2.65. The number of hydrogen-bond donors (Lipinski definition) is 6. The predicted octanol–water partition coefficient (Wildman–Crippen LogP) is 7.88. The number of carbonyl (C=O) groups excluding carboxylic acids is 6. The Morgan fingerprint density at radius 2 is 1.38 bits per heavy atom. The van der Waals surface area contributed by atoms with Crippen LogP contribution in [0, 0.1) is 17.8 Å². The van der Waals surface area contributed by atoms with Crippen LogP contribution >= 0.6 is 0 Å². The van der Waals surface area contributed by atoms with E-state index in [9.17, 15) is 39.6 Å². The van der Waals surface area contributed by atoms with E-state index in [0.717, 1.165) is 22.3 Å². The Morgan fingerprint density at radius 3 is 2.00 bits per heavy atom. The van der Waals surface area contributed by atoms with Crippen LogP contribution in [0.1, 0.15) is 138 Å². The van der Waals surface area contributed by atoms with Crippen LogP contribution < -0.4 is 29.6 Å². The van der Waals surface area contributed by atoms with E-state index in [1.807, 2.05) is 121 Å². The summed E-state index contributed by atoms with van der Waals surface area (Å²) in [6.45, 7) is 17.4. The van der Waals surface area contributed by atoms with Crippen LogP contribution in [0.2, 0.25) is 0 Å². The Balaban J connectivity index is 1.09. The quantitative estimate of drug-likeness (QED) is 0.0189. The number of Topliss-reactive ketones (excluding diaryl/α,β-unsaturated/α-hetero) is 2. The normalized spacial score (nSPS) is 28.8. The second kappa shape index (κ2) is 26.4. The number of hydrogen-bond acceptors (Lipinski definition) is 19. The highest BCUT2D eigenvalue weighted by atomic mass is 16.7. The Morgan fingerprint density at radius 1 is 0.758 bits per heavy atom. The van der Waals surface area contributed by atoms with Gasteiger partial charge in [0.05, 0.1) is 29.3 Å². The largest absolute Gasteiger partial charge is 0.482 e. The number of nitrogens with one attached hydrogen (secondary N) is 2. The highest BCUT2D eigenvalue weighted by Crippen LogP contribution is 2.70. The van der Waals surface area contributed by atoms with E-state index in [1.165, 1.54) is 31.2 Å². The van der Waals surface area contributed by atoms with Gasteiger partial charge in [-0.25, -0.2) is 9.59 Å². The Labute approximate surface area is 529 Å². The molecule has 9 unspecified atom stereocenters. The van der Waals surface area contributed by atoms with E-state index < -0.39 is 131 Å². The smallest absolute Gasteiger partial charge is 0.343 e. The first kappa shape index (κ1) is 66.1. The van der Waals surface area contributed by atoms with Gasteiger partial charge in [-0.1, -0.05) is 90.0 Å². The molecule has 6 N–H and O–H groups in total. The Bertz CT molecular complexity index is 3570. The maximum Gasteiger partial charge on any atom is 0.343 e. The van der Waals surface area contributed by atoms with E-state index in [4.69, 9.17) is 37.9 Å². The molecular weight excluding hydrogens is 1170 g/mol. The highest BCUT2D eigenvalue weighted by molar-refractivity contribution is 6.11. The average Bonchev–Trinajstić information content (AvgIpc) is 1.55. The summed E-state index contributed by atoms with van der Waals surface area (Å²) in [6, 6.07) is 20.5. The third-order valence-corrected chi connectivity index (χ3v) is 18.4. The second-order valence-corrected chi connectivity index (χ2v) is 26.0. The fraction of sp³-hybridized carbons (Fsp3) is 0.465. The molecule has 5 fully saturated rings. The Kier molecular flexibility index (Phi) is 19.2. The number of fused-ring (bicyclic) bond motifs is 2. The molecule has 20 nitrogen and oxygen atoms in total. The van der Waals surface area contributed by atoms with Gasteiger partial charge in [0.2, 0.25) is 12.2 Å². The molecule has 20 heteroatoms. The number of ether oxygens (including phenoxy) is 8. The van der Waals surface area contributed by atoms with Crippen molar-refractivity contribution in [3.8, 4) is 23.0 Å². The summed E-state index contributed by atoms with van der Waals surface area (Å²) >= 11 is 0. The lowest BCUT2D eigenvalue weighted by Gasteiger charge is -2.63. The van der Waals surface area contributed by atoms with Crippen molar-refractivity contribution in [2.24, 2.45) is 17.8 Å². The van der Waals surface area contributed by atoms with Gasteiger partial charge >= 0.3 is 17.9 Å². The minimum Gasteiger partial charge on any atom is -0.482 e. The van der Waals surface area contributed by atoms with Crippen LogP contribution in [0.15, 0.2) is 126 Å². The van der Waals surface area contributed by atoms with Crippen LogP contribution in [0.5, 0.6) is 23.0 Å². The molecule has 484 valence electrons. The van der Waals surface area contributed by atoms with E-state index in [0.29, 0.717) is 18.4 Å². The van der Waals surface area contributed by atoms with Crippen molar-refractivity contribution in [2.45, 2.75) is 186 Å². The molecule has 4 heterocycles. The topological polar surface area (TPSA) is 281 Å². The third kappa shape index (κ3) is 12.8. The van der Waals surface area contributed by atoms with Crippen molar-refractivity contribution >= 4 is 41.5 Å². The first-order valence-corrected chi connectivity index (χ1v) is 31.0. The van der Waals surface area contributed by atoms with Crippen molar-refractivity contribution in [1.29, 1.82) is 0 Å². The van der Waals surface area contributed by atoms with Gasteiger partial charge in [0.15, 0.2) is 28.5 Å². The summed E-state index contributed by atoms with van der Waals surface area (Å²) in [4.78, 5) is 89.5. The van der Waals surface area contributed by atoms with Crippen LogP contribution in [0.25, 0.3) is 6.08 Å². The number of carbonyl (C=O) groups is 6. The summed E-state index contributed by atoms with van der Waals surface area (Å²) in [7, 11) is 0. The van der Waals surface area contributed by atoms with Gasteiger partial charge in [0.25, 0.3) is 0 Å². The van der Waals surface area contributed by atoms with Crippen molar-refractivity contribution in [1.82, 2.24) is 10.6 Å². The summed E-state index contributed by atoms with van der Waals surface area (Å²) in [5.41, 5.74) is -1.82. The molecular formula is C71H82N2O18. The molecule has 4 bridgehead atoms. The third-order valence-electron chi connectivity index (χ3n) is 18.4. The lowest BCUT2D eigenvalue weighted by molar-refractivity contribution is -0.277. The monoisotopic (exact) mass is 1250 g/mol. The minimum atomic E-state index is -1.99. The molecule has 3 saturated carbocycles. The van der Waals surface area contributed by atoms with Gasteiger partial charge in [-0.05, 0) is 142 Å². The second-order valence-electron chi connectivity index (χ2n) is 26.0. The van der Waals surface area contributed by atoms with Crippen LogP contribution in [0.4, 0.5) is 0 Å². The Hall–Kier alpha value is -7.82. The molecule has 7 aliphatic rings. The maximum atomic E-state index is 17.0. The molecule has 2 saturated heterocycles. The van der Waals surface area contributed by atoms with Crippen molar-refractivity contribution in [2.75, 3.05) is 6.61 Å². The number of benzene rings is 4. The van der Waals surface area contributed by atoms with Crippen LogP contribution in [-0.2, 0) is 57.8 Å². The number of esters is 3. The van der Waals surface area contributed by atoms with E-state index in [2.05, 4.69) is 16.7 Å². The van der Waals surface area contributed by atoms with E-state index >= 15 is 9.59 Å². The lowest BCUT2D eigenvalue weighted by atomic mass is 9.45. The van der Waals surface area contributed by atoms with E-state index in [1.54, 1.807) is 26.0 Å². The average molecular weight is 1250 g/mol. The van der Waals surface area contributed by atoms with Crippen molar-refractivity contribution in [3.63, 3.8) is 0 Å². The highest BCUT2D eigenvalue weighted by Gasteiger charge is 2.85. The number of amides is 1. The number of aliphatic hydroxyl groups excluding tert-OH is 4. The zero-order chi connectivity index (χ0) is 65.5. The molecule has 0 radical (unpaired) electrons. The maximum absolute atomic E-state index is 17.0. The number of rotatable bonds is 22. The molecule has 4 aromatic carbocycles. The lowest BCUT2D eigenvalue weighted by Crippen LogP contribution is -2.82. The van der Waals surface area contributed by atoms with Gasteiger partial charge < -0.3 is 69.0 Å². The first-order chi connectivity index (χ1) is 43.2. The molecule has 1 spiro atoms. The molecule has 91 heavy (non-hydrogen) atoms. The molecule has 14 atom stereocenters. The molecule has 4 aliphatic heterocycles. The van der Waals surface area contributed by atoms with Gasteiger partial charge in [0, 0.05) is 35.4 Å². The molecule has 11 rings (SSSR count). The summed E-state index contributed by atoms with van der Waals surface area (Å²) < 4.78 is 51.5. The summed E-state index contributed by atoms with van der Waals surface area (Å²) in [5.74, 6) is -6.82. The first-order valence-electron chi connectivity index (χ1n) is 31.0. The fourth-order valence-electron chi connectivity index (χ4n) is 13.7. The number of aliphatic hydroxyl groups is 4. The molecule has 3 aliphatic carbocycles. The fourth-order valence-corrected chi connectivity index (χ4v) is 13.7. The van der Waals surface area contributed by atoms with Crippen molar-refractivity contribution < 1.29 is 87.1 Å². The molecule has 4 aromatic rings. The van der Waals surface area contributed by atoms with Crippen LogP contribution in [-0.4, -0.2) is 134 Å². The standard InChI is InChI=1S/C71H82N2O18/c1-38(2)18-17-31-69(10)32-30-48-59(89-69)47(28-23-39(3)4)61-52(60(48)88-66(83)45-24-26-46(27-25-45)86-67-58(78)57(77)55(75)50(35-74)87-67)56(76)53-54(72-41(6)64(81)84-36-43-19-13-11-14-20-43)49-34-51-68(8,9)91-70(62(49)79,71(51,53)90-61)33-29-40(5)63(80)73-42(7)65(82)85-37-44-21-15-12-16-22-44/h11-16,18-27,29-30,32,41-42,49-51,53-55,57-58,67,72,74-75,77-78H,17,28,31,33-37H2,1-10H3,(H,73,80)/t41?,42?,49?,50-,51?,53?,54?,55-,57+,58-,67-,69?,70?,71?/m1/s1.